The average molecular weight is 306 g/mol. The minimum Gasteiger partial charge on any atom is -0.309 e. The van der Waals surface area contributed by atoms with Gasteiger partial charge in [-0.2, -0.15) is 5.10 Å². The van der Waals surface area contributed by atoms with Crippen molar-refractivity contribution in [2.75, 3.05) is 5.32 Å². The molecule has 0 aliphatic heterocycles. The molecule has 0 bridgehead atoms. The molecule has 4 aromatic rings. The fraction of sp³-hybridized carbons (Fsp3) is 0.133. The topological polar surface area (TPSA) is 85.8 Å². The van der Waals surface area contributed by atoms with Crippen LogP contribution in [0.4, 0.5) is 11.8 Å². The lowest BCUT2D eigenvalue weighted by atomic mass is 10.2. The number of aryl methyl sites for hydroxylation is 2. The van der Waals surface area contributed by atoms with Crippen LogP contribution in [0.1, 0.15) is 5.82 Å². The van der Waals surface area contributed by atoms with Gasteiger partial charge in [0, 0.05) is 31.1 Å². The monoisotopic (exact) mass is 306 g/mol. The van der Waals surface area contributed by atoms with Crippen LogP contribution in [0.2, 0.25) is 0 Å². The maximum atomic E-state index is 4.55. The van der Waals surface area contributed by atoms with Crippen LogP contribution in [-0.4, -0.2) is 34.3 Å². The Labute approximate surface area is 131 Å². The van der Waals surface area contributed by atoms with Crippen molar-refractivity contribution in [2.45, 2.75) is 6.92 Å². The molecule has 4 heterocycles. The Morgan fingerprint density at radius 1 is 1.09 bits per heavy atom. The van der Waals surface area contributed by atoms with Crippen molar-refractivity contribution >= 4 is 17.4 Å². The molecule has 1 N–H and O–H groups in total. The van der Waals surface area contributed by atoms with Crippen LogP contribution >= 0.6 is 0 Å². The minimum absolute atomic E-state index is 0.517. The largest absolute Gasteiger partial charge is 0.309 e. The molecular formula is C15H14N8. The van der Waals surface area contributed by atoms with Crippen molar-refractivity contribution in [3.8, 4) is 11.3 Å². The SMILES string of the molecule is Cc1nnc2cc(-c3ccnc(Nc4ccnn4C)n3)ccn12. The van der Waals surface area contributed by atoms with Crippen molar-refractivity contribution in [1.82, 2.24) is 34.3 Å². The first-order valence-electron chi connectivity index (χ1n) is 7.10. The van der Waals surface area contributed by atoms with Crippen LogP contribution in [0.3, 0.4) is 0 Å². The molecule has 4 rings (SSSR count). The quantitative estimate of drug-likeness (QED) is 0.623. The van der Waals surface area contributed by atoms with Gasteiger partial charge in [-0.1, -0.05) is 0 Å². The Bertz CT molecular complexity index is 984. The third kappa shape index (κ3) is 2.39. The van der Waals surface area contributed by atoms with Gasteiger partial charge in [0.05, 0.1) is 11.9 Å². The molecule has 0 saturated heterocycles. The number of pyridine rings is 1. The van der Waals surface area contributed by atoms with E-state index in [1.807, 2.05) is 48.8 Å². The van der Waals surface area contributed by atoms with Gasteiger partial charge in [-0.3, -0.25) is 9.08 Å². The molecule has 8 heteroatoms. The first-order chi connectivity index (χ1) is 11.2. The highest BCUT2D eigenvalue weighted by Gasteiger charge is 2.07. The first-order valence-corrected chi connectivity index (χ1v) is 7.10. The second kappa shape index (κ2) is 5.16. The number of aromatic nitrogens is 7. The zero-order valence-electron chi connectivity index (χ0n) is 12.7. The molecule has 0 aromatic carbocycles. The van der Waals surface area contributed by atoms with Crippen molar-refractivity contribution in [3.63, 3.8) is 0 Å². The molecule has 0 unspecified atom stereocenters. The van der Waals surface area contributed by atoms with E-state index in [0.29, 0.717) is 5.95 Å². The smallest absolute Gasteiger partial charge is 0.228 e. The minimum atomic E-state index is 0.517. The molecule has 0 atom stereocenters. The average Bonchev–Trinajstić information content (AvgIpc) is 3.14. The zero-order chi connectivity index (χ0) is 15.8. The number of nitrogens with zero attached hydrogens (tertiary/aromatic N) is 7. The second-order valence-corrected chi connectivity index (χ2v) is 5.12. The van der Waals surface area contributed by atoms with Crippen molar-refractivity contribution in [1.29, 1.82) is 0 Å². The highest BCUT2D eigenvalue weighted by Crippen LogP contribution is 2.20. The lowest BCUT2D eigenvalue weighted by Gasteiger charge is -2.07. The summed E-state index contributed by atoms with van der Waals surface area (Å²) in [5, 5.41) is 15.5. The summed E-state index contributed by atoms with van der Waals surface area (Å²) in [6.07, 6.45) is 5.38. The van der Waals surface area contributed by atoms with E-state index in [9.17, 15) is 0 Å². The van der Waals surface area contributed by atoms with E-state index in [4.69, 9.17) is 0 Å². The molecule has 0 saturated carbocycles. The molecule has 8 nitrogen and oxygen atoms in total. The Hall–Kier alpha value is -3.29. The van der Waals surface area contributed by atoms with E-state index in [1.165, 1.54) is 0 Å². The third-order valence-electron chi connectivity index (χ3n) is 3.59. The Morgan fingerprint density at radius 3 is 2.83 bits per heavy atom. The van der Waals surface area contributed by atoms with Gasteiger partial charge in [0.2, 0.25) is 5.95 Å². The van der Waals surface area contributed by atoms with Gasteiger partial charge in [-0.15, -0.1) is 10.2 Å². The van der Waals surface area contributed by atoms with Gasteiger partial charge < -0.3 is 5.32 Å². The van der Waals surface area contributed by atoms with Crippen LogP contribution in [0.15, 0.2) is 42.9 Å². The number of anilines is 2. The molecular weight excluding hydrogens is 292 g/mol. The van der Waals surface area contributed by atoms with E-state index in [-0.39, 0.29) is 0 Å². The standard InChI is InChI=1S/C15H14N8/c1-10-20-21-14-9-11(5-8-23(10)14)12-3-6-16-15(18-12)19-13-4-7-17-22(13)2/h3-9H,1-2H3,(H,16,18,19). The fourth-order valence-electron chi connectivity index (χ4n) is 2.36. The molecule has 0 aliphatic rings. The number of hydrogen-bond acceptors (Lipinski definition) is 6. The number of hydrogen-bond donors (Lipinski definition) is 1. The van der Waals surface area contributed by atoms with Crippen LogP contribution < -0.4 is 5.32 Å². The molecule has 4 aromatic heterocycles. The molecule has 0 radical (unpaired) electrons. The lowest BCUT2D eigenvalue weighted by Crippen LogP contribution is -2.02. The predicted octanol–water partition coefficient (Wildman–Crippen LogP) is 1.97. The summed E-state index contributed by atoms with van der Waals surface area (Å²) in [5.74, 6) is 2.20. The molecule has 0 aliphatic carbocycles. The summed E-state index contributed by atoms with van der Waals surface area (Å²) in [6, 6.07) is 7.67. The first kappa shape index (κ1) is 13.4. The summed E-state index contributed by atoms with van der Waals surface area (Å²) >= 11 is 0. The van der Waals surface area contributed by atoms with E-state index < -0.39 is 0 Å². The van der Waals surface area contributed by atoms with E-state index in [2.05, 4.69) is 30.6 Å². The van der Waals surface area contributed by atoms with Crippen LogP contribution in [-0.2, 0) is 7.05 Å². The van der Waals surface area contributed by atoms with Gasteiger partial charge in [0.25, 0.3) is 0 Å². The van der Waals surface area contributed by atoms with Gasteiger partial charge in [-0.25, -0.2) is 9.97 Å². The summed E-state index contributed by atoms with van der Waals surface area (Å²) in [7, 11) is 1.85. The predicted molar refractivity (Wildman–Crippen MR) is 85.2 cm³/mol. The summed E-state index contributed by atoms with van der Waals surface area (Å²) in [6.45, 7) is 1.92. The Kier molecular flexibility index (Phi) is 3.00. The molecule has 114 valence electrons. The number of rotatable bonds is 3. The van der Waals surface area contributed by atoms with Gasteiger partial charge in [0.15, 0.2) is 5.65 Å². The van der Waals surface area contributed by atoms with Crippen molar-refractivity contribution < 1.29 is 0 Å². The van der Waals surface area contributed by atoms with Crippen LogP contribution in [0.5, 0.6) is 0 Å². The van der Waals surface area contributed by atoms with E-state index >= 15 is 0 Å². The van der Waals surface area contributed by atoms with E-state index in [0.717, 1.165) is 28.5 Å². The van der Waals surface area contributed by atoms with E-state index in [1.54, 1.807) is 17.1 Å². The maximum Gasteiger partial charge on any atom is 0.228 e. The van der Waals surface area contributed by atoms with Gasteiger partial charge >= 0.3 is 0 Å². The van der Waals surface area contributed by atoms with Gasteiger partial charge in [0.1, 0.15) is 11.6 Å². The summed E-state index contributed by atoms with van der Waals surface area (Å²) in [4.78, 5) is 8.80. The number of fused-ring (bicyclic) bond motifs is 1. The van der Waals surface area contributed by atoms with Crippen molar-refractivity contribution in [2.24, 2.45) is 7.05 Å². The number of nitrogens with one attached hydrogen (secondary N) is 1. The molecule has 0 fully saturated rings. The summed E-state index contributed by atoms with van der Waals surface area (Å²) in [5.41, 5.74) is 2.56. The Balaban J connectivity index is 1.70. The van der Waals surface area contributed by atoms with Gasteiger partial charge in [-0.05, 0) is 25.1 Å². The Morgan fingerprint density at radius 2 is 2.00 bits per heavy atom. The molecule has 23 heavy (non-hydrogen) atoms. The zero-order valence-corrected chi connectivity index (χ0v) is 12.7. The highest BCUT2D eigenvalue weighted by molar-refractivity contribution is 5.65. The third-order valence-corrected chi connectivity index (χ3v) is 3.59. The highest BCUT2D eigenvalue weighted by atomic mass is 15.3. The molecule has 0 amide bonds. The molecule has 0 spiro atoms. The van der Waals surface area contributed by atoms with Crippen molar-refractivity contribution in [3.05, 3.63) is 48.7 Å². The second-order valence-electron chi connectivity index (χ2n) is 5.12. The maximum absolute atomic E-state index is 4.55. The lowest BCUT2D eigenvalue weighted by molar-refractivity contribution is 0.775. The normalized spacial score (nSPS) is 11.0. The van der Waals surface area contributed by atoms with Crippen LogP contribution in [0.25, 0.3) is 16.9 Å². The fourth-order valence-corrected chi connectivity index (χ4v) is 2.36. The summed E-state index contributed by atoms with van der Waals surface area (Å²) < 4.78 is 3.65. The van der Waals surface area contributed by atoms with Crippen LogP contribution in [0, 0.1) is 6.92 Å².